The van der Waals surface area contributed by atoms with Crippen LogP contribution in [0.3, 0.4) is 0 Å². The number of methoxy groups -OCH3 is 1. The van der Waals surface area contributed by atoms with E-state index in [-0.39, 0.29) is 53.6 Å². The number of carbonyl (C=O) groups is 1. The van der Waals surface area contributed by atoms with Gasteiger partial charge in [0, 0.05) is 25.2 Å². The van der Waals surface area contributed by atoms with Crippen molar-refractivity contribution in [3.8, 4) is 23.6 Å². The van der Waals surface area contributed by atoms with Crippen LogP contribution in [0.5, 0.6) is 11.5 Å². The number of nitro benzene ring substituents is 1. The van der Waals surface area contributed by atoms with Crippen LogP contribution in [-0.4, -0.2) is 43.8 Å². The van der Waals surface area contributed by atoms with E-state index in [0.717, 1.165) is 12.1 Å². The summed E-state index contributed by atoms with van der Waals surface area (Å²) in [6, 6.07) is 12.7. The minimum absolute atomic E-state index is 0.0565. The topological polar surface area (TPSA) is 164 Å². The Bertz CT molecular complexity index is 1330. The van der Waals surface area contributed by atoms with Gasteiger partial charge in [-0.25, -0.2) is 8.42 Å². The predicted molar refractivity (Wildman–Crippen MR) is 122 cm³/mol. The third kappa shape index (κ3) is 5.81. The van der Waals surface area contributed by atoms with Crippen LogP contribution < -0.4 is 9.47 Å². The molecule has 3 rings (SSSR count). The van der Waals surface area contributed by atoms with Gasteiger partial charge in [0.25, 0.3) is 5.69 Å². The van der Waals surface area contributed by atoms with Crippen molar-refractivity contribution >= 4 is 27.8 Å². The molecule has 2 aromatic rings. The van der Waals surface area contributed by atoms with Crippen molar-refractivity contribution < 1.29 is 27.6 Å². The van der Waals surface area contributed by atoms with Crippen molar-refractivity contribution in [2.75, 3.05) is 20.2 Å². The molecule has 0 amide bonds. The molecular formula is C23H20N4O7S. The molecule has 35 heavy (non-hydrogen) atoms. The maximum absolute atomic E-state index is 12.8. The zero-order chi connectivity index (χ0) is 25.6. The highest BCUT2D eigenvalue weighted by Gasteiger charge is 2.33. The highest BCUT2D eigenvalue weighted by Crippen LogP contribution is 2.31. The van der Waals surface area contributed by atoms with Gasteiger partial charge in [-0.3, -0.25) is 14.9 Å². The van der Waals surface area contributed by atoms with Gasteiger partial charge < -0.3 is 9.47 Å². The van der Waals surface area contributed by atoms with Crippen molar-refractivity contribution in [1.29, 1.82) is 10.5 Å². The molecule has 0 bridgehead atoms. The summed E-state index contributed by atoms with van der Waals surface area (Å²) in [5, 5.41) is 28.6. The monoisotopic (exact) mass is 496 g/mol. The van der Waals surface area contributed by atoms with Gasteiger partial charge in [-0.15, -0.1) is 0 Å². The van der Waals surface area contributed by atoms with E-state index >= 15 is 0 Å². The number of ether oxygens (including phenoxy) is 2. The second kappa shape index (κ2) is 10.8. The van der Waals surface area contributed by atoms with E-state index in [1.54, 1.807) is 18.2 Å². The molecule has 1 aliphatic heterocycles. The number of rotatable bonds is 7. The van der Waals surface area contributed by atoms with Crippen molar-refractivity contribution in [1.82, 2.24) is 4.31 Å². The number of hydrogen-bond acceptors (Lipinski definition) is 9. The van der Waals surface area contributed by atoms with E-state index < -0.39 is 26.8 Å². The van der Waals surface area contributed by atoms with E-state index in [4.69, 9.17) is 20.0 Å². The number of nitriles is 2. The van der Waals surface area contributed by atoms with Crippen LogP contribution in [0.15, 0.2) is 52.9 Å². The zero-order valence-corrected chi connectivity index (χ0v) is 19.4. The average Bonchev–Trinajstić information content (AvgIpc) is 2.88. The quantitative estimate of drug-likeness (QED) is 0.184. The number of non-ortho nitro benzene ring substituents is 1. The maximum atomic E-state index is 12.8. The summed E-state index contributed by atoms with van der Waals surface area (Å²) in [6.45, 7) is 0.177. The van der Waals surface area contributed by atoms with Crippen LogP contribution in [-0.2, 0) is 14.8 Å². The Morgan fingerprint density at radius 1 is 1.11 bits per heavy atom. The molecule has 0 unspecified atom stereocenters. The molecule has 0 aliphatic carbocycles. The van der Waals surface area contributed by atoms with Crippen LogP contribution in [0, 0.1) is 38.7 Å². The Hall–Kier alpha value is -4.26. The Morgan fingerprint density at radius 2 is 1.74 bits per heavy atom. The fourth-order valence-corrected chi connectivity index (χ4v) is 5.00. The number of nitrogens with zero attached hydrogens (tertiary/aromatic N) is 4. The second-order valence-corrected chi connectivity index (χ2v) is 9.48. The lowest BCUT2D eigenvalue weighted by Gasteiger charge is -2.30. The third-order valence-electron chi connectivity index (χ3n) is 5.42. The molecule has 0 atom stereocenters. The first-order chi connectivity index (χ1) is 16.7. The molecule has 0 saturated carbocycles. The number of sulfonamides is 1. The molecular weight excluding hydrogens is 476 g/mol. The molecule has 1 aliphatic rings. The van der Waals surface area contributed by atoms with E-state index in [2.05, 4.69) is 0 Å². The summed E-state index contributed by atoms with van der Waals surface area (Å²) in [7, 11) is -2.47. The molecule has 1 fully saturated rings. The molecule has 180 valence electrons. The van der Waals surface area contributed by atoms with Gasteiger partial charge in [0.2, 0.25) is 10.0 Å². The Balaban J connectivity index is 1.65. The number of benzene rings is 2. The van der Waals surface area contributed by atoms with Gasteiger partial charge in [-0.05, 0) is 48.7 Å². The number of allylic oxidation sites excluding steroid dienone is 1. The molecule has 0 N–H and O–H groups in total. The van der Waals surface area contributed by atoms with E-state index in [9.17, 15) is 23.3 Å². The molecule has 0 radical (unpaired) electrons. The molecule has 0 aromatic heterocycles. The van der Waals surface area contributed by atoms with Gasteiger partial charge in [0.15, 0.2) is 11.5 Å². The standard InChI is InChI=1S/C23H20N4O7S/c1-33-22-13-16(12-17(14-24)15-25)2-7-21(22)34-23(28)18-8-10-26(11-9-18)35(31,32)20-5-3-19(4-6-20)27(29)30/h2-7,12-13,18H,8-11H2,1H3. The highest BCUT2D eigenvalue weighted by atomic mass is 32.2. The van der Waals surface area contributed by atoms with Crippen LogP contribution >= 0.6 is 0 Å². The van der Waals surface area contributed by atoms with E-state index in [1.807, 2.05) is 0 Å². The SMILES string of the molecule is COc1cc(C=C(C#N)C#N)ccc1OC(=O)C1CCN(S(=O)(=O)c2ccc([N+](=O)[O-])cc2)CC1. The number of piperidine rings is 1. The normalized spacial score (nSPS) is 14.3. The van der Waals surface area contributed by atoms with E-state index in [1.165, 1.54) is 41.8 Å². The first-order valence-electron chi connectivity index (χ1n) is 10.4. The van der Waals surface area contributed by atoms with Gasteiger partial charge in [0.1, 0.15) is 17.7 Å². The number of esters is 1. The molecule has 1 heterocycles. The Morgan fingerprint density at radius 3 is 2.29 bits per heavy atom. The summed E-state index contributed by atoms with van der Waals surface area (Å²) in [5.74, 6) is -0.674. The summed E-state index contributed by atoms with van der Waals surface area (Å²) in [6.07, 6.45) is 1.85. The lowest BCUT2D eigenvalue weighted by Crippen LogP contribution is -2.41. The number of carbonyl (C=O) groups excluding carboxylic acids is 1. The molecule has 12 heteroatoms. The van der Waals surface area contributed by atoms with Crippen molar-refractivity contribution in [3.63, 3.8) is 0 Å². The van der Waals surface area contributed by atoms with Crippen LogP contribution in [0.1, 0.15) is 18.4 Å². The summed E-state index contributed by atoms with van der Waals surface area (Å²) >= 11 is 0. The van der Waals surface area contributed by atoms with Crippen LogP contribution in [0.25, 0.3) is 6.08 Å². The molecule has 2 aromatic carbocycles. The smallest absolute Gasteiger partial charge is 0.314 e. The van der Waals surface area contributed by atoms with Crippen molar-refractivity contribution in [2.45, 2.75) is 17.7 Å². The Kier molecular flexibility index (Phi) is 7.81. The van der Waals surface area contributed by atoms with Gasteiger partial charge in [-0.1, -0.05) is 6.07 Å². The summed E-state index contributed by atoms with van der Waals surface area (Å²) < 4.78 is 37.7. The summed E-state index contributed by atoms with van der Waals surface area (Å²) in [4.78, 5) is 22.8. The highest BCUT2D eigenvalue weighted by molar-refractivity contribution is 7.89. The van der Waals surface area contributed by atoms with Gasteiger partial charge >= 0.3 is 5.97 Å². The second-order valence-electron chi connectivity index (χ2n) is 7.54. The Labute approximate surface area is 201 Å². The predicted octanol–water partition coefficient (Wildman–Crippen LogP) is 3.04. The number of nitro groups is 1. The fraction of sp³-hybridized carbons (Fsp3) is 0.261. The first-order valence-corrected chi connectivity index (χ1v) is 11.8. The van der Waals surface area contributed by atoms with Crippen LogP contribution in [0.4, 0.5) is 5.69 Å². The maximum Gasteiger partial charge on any atom is 0.314 e. The molecule has 1 saturated heterocycles. The molecule has 11 nitrogen and oxygen atoms in total. The van der Waals surface area contributed by atoms with Crippen molar-refractivity contribution in [3.05, 3.63) is 63.7 Å². The minimum atomic E-state index is -3.86. The van der Waals surface area contributed by atoms with Crippen LogP contribution in [0.2, 0.25) is 0 Å². The lowest BCUT2D eigenvalue weighted by atomic mass is 9.98. The molecule has 0 spiro atoms. The minimum Gasteiger partial charge on any atom is -0.493 e. The first kappa shape index (κ1) is 25.4. The average molecular weight is 497 g/mol. The fourth-order valence-electron chi connectivity index (χ4n) is 3.53. The largest absolute Gasteiger partial charge is 0.493 e. The number of hydrogen-bond donors (Lipinski definition) is 0. The summed E-state index contributed by atoms with van der Waals surface area (Å²) in [5.41, 5.74) is 0.220. The third-order valence-corrected chi connectivity index (χ3v) is 7.34. The van der Waals surface area contributed by atoms with Gasteiger partial charge in [-0.2, -0.15) is 14.8 Å². The van der Waals surface area contributed by atoms with Crippen molar-refractivity contribution in [2.24, 2.45) is 5.92 Å². The lowest BCUT2D eigenvalue weighted by molar-refractivity contribution is -0.384. The van der Waals surface area contributed by atoms with Gasteiger partial charge in [0.05, 0.1) is 22.8 Å². The van der Waals surface area contributed by atoms with E-state index in [0.29, 0.717) is 5.56 Å². The zero-order valence-electron chi connectivity index (χ0n) is 18.6.